The zero-order valence-electron chi connectivity index (χ0n) is 13.2. The van der Waals surface area contributed by atoms with Crippen molar-refractivity contribution < 1.29 is 14.7 Å². The lowest BCUT2D eigenvalue weighted by Gasteiger charge is -2.28. The van der Waals surface area contributed by atoms with Gasteiger partial charge in [0, 0.05) is 30.5 Å². The molecule has 0 unspecified atom stereocenters. The topological polar surface area (TPSA) is 83.6 Å². The van der Waals surface area contributed by atoms with Crippen molar-refractivity contribution in [3.05, 3.63) is 0 Å². The van der Waals surface area contributed by atoms with E-state index in [1.165, 1.54) is 32.1 Å². The van der Waals surface area contributed by atoms with Gasteiger partial charge in [-0.05, 0) is 31.6 Å². The van der Waals surface area contributed by atoms with Gasteiger partial charge in [-0.3, -0.25) is 9.59 Å². The predicted octanol–water partition coefficient (Wildman–Crippen LogP) is 2.09. The highest BCUT2D eigenvalue weighted by Crippen LogP contribution is 2.29. The van der Waals surface area contributed by atoms with Gasteiger partial charge in [0.25, 0.3) is 0 Å². The summed E-state index contributed by atoms with van der Waals surface area (Å²) in [6, 6.07) is -0.542. The molecule has 2 rings (SSSR count). The molecule has 2 aliphatic rings. The van der Waals surface area contributed by atoms with Crippen molar-refractivity contribution in [3.8, 4) is 0 Å². The lowest BCUT2D eigenvalue weighted by molar-refractivity contribution is -0.138. The van der Waals surface area contributed by atoms with Gasteiger partial charge in [0.15, 0.2) is 0 Å². The Bertz CT molecular complexity index is 386. The first-order chi connectivity index (χ1) is 10.6. The van der Waals surface area contributed by atoms with Crippen LogP contribution in [0.4, 0.5) is 0 Å². The minimum Gasteiger partial charge on any atom is -0.480 e. The molecule has 3 N–H and O–H groups in total. The Morgan fingerprint density at radius 3 is 2.59 bits per heavy atom. The Labute approximate surface area is 137 Å². The number of rotatable bonds is 7. The summed E-state index contributed by atoms with van der Waals surface area (Å²) in [5.74, 6) is 1.14. The number of carbonyl (C=O) groups excluding carboxylic acids is 1. The highest BCUT2D eigenvalue weighted by atomic mass is 32.2. The molecule has 0 spiro atoms. The van der Waals surface area contributed by atoms with Crippen LogP contribution >= 0.6 is 11.8 Å². The van der Waals surface area contributed by atoms with Crippen LogP contribution in [0.15, 0.2) is 0 Å². The number of hydrogen-bond acceptors (Lipinski definition) is 4. The lowest BCUT2D eigenvalue weighted by atomic mass is 9.86. The standard InChI is InChI=1S/C16H28N2O3S/c17-14(16(20)21)11-22-10-13-7-4-8-18(13)15(19)9-12-5-2-1-3-6-12/h12-14H,1-11,17H2,(H,20,21)/t13-,14+/m1/s1. The Hall–Kier alpha value is -0.750. The average molecular weight is 328 g/mol. The summed E-state index contributed by atoms with van der Waals surface area (Å²) in [4.78, 5) is 25.3. The van der Waals surface area contributed by atoms with Crippen molar-refractivity contribution in [1.82, 2.24) is 4.90 Å². The van der Waals surface area contributed by atoms with E-state index in [0.29, 0.717) is 24.0 Å². The van der Waals surface area contributed by atoms with Crippen LogP contribution in [0.1, 0.15) is 51.4 Å². The first-order valence-electron chi connectivity index (χ1n) is 8.43. The van der Waals surface area contributed by atoms with Gasteiger partial charge in [-0.2, -0.15) is 11.8 Å². The summed E-state index contributed by atoms with van der Waals surface area (Å²) >= 11 is 1.55. The SMILES string of the molecule is N[C@@H](CSC[C@H]1CCCN1C(=O)CC1CCCCC1)C(=O)O. The molecule has 2 atom stereocenters. The van der Waals surface area contributed by atoms with E-state index in [2.05, 4.69) is 0 Å². The third-order valence-corrected chi connectivity index (χ3v) is 6.03. The second kappa shape index (κ2) is 8.77. The number of carboxylic acid groups (broad SMARTS) is 1. The van der Waals surface area contributed by atoms with Crippen LogP contribution in [0.3, 0.4) is 0 Å². The van der Waals surface area contributed by atoms with Crippen LogP contribution < -0.4 is 5.73 Å². The van der Waals surface area contributed by atoms with E-state index in [9.17, 15) is 9.59 Å². The number of carboxylic acids is 1. The Morgan fingerprint density at radius 1 is 1.18 bits per heavy atom. The quantitative estimate of drug-likeness (QED) is 0.747. The molecule has 126 valence electrons. The summed E-state index contributed by atoms with van der Waals surface area (Å²) < 4.78 is 0. The van der Waals surface area contributed by atoms with Gasteiger partial charge in [0.1, 0.15) is 6.04 Å². The molecule has 1 amide bonds. The number of amides is 1. The molecule has 0 bridgehead atoms. The van der Waals surface area contributed by atoms with E-state index in [-0.39, 0.29) is 6.04 Å². The molecule has 6 heteroatoms. The van der Waals surface area contributed by atoms with Crippen molar-refractivity contribution in [3.63, 3.8) is 0 Å². The van der Waals surface area contributed by atoms with Crippen LogP contribution in [0, 0.1) is 5.92 Å². The molecule has 2 fully saturated rings. The van der Waals surface area contributed by atoms with Crippen molar-refractivity contribution in [2.24, 2.45) is 11.7 Å². The summed E-state index contributed by atoms with van der Waals surface area (Å²) in [5.41, 5.74) is 5.52. The third-order valence-electron chi connectivity index (χ3n) is 4.81. The second-order valence-corrected chi connectivity index (χ2v) is 7.65. The van der Waals surface area contributed by atoms with Gasteiger partial charge < -0.3 is 15.7 Å². The minimum atomic E-state index is -0.954. The van der Waals surface area contributed by atoms with E-state index in [1.807, 2.05) is 4.90 Å². The van der Waals surface area contributed by atoms with Crippen molar-refractivity contribution >= 4 is 23.6 Å². The van der Waals surface area contributed by atoms with E-state index in [1.54, 1.807) is 11.8 Å². The van der Waals surface area contributed by atoms with Crippen molar-refractivity contribution in [2.45, 2.75) is 63.5 Å². The number of aliphatic carboxylic acids is 1. The van der Waals surface area contributed by atoms with E-state index in [4.69, 9.17) is 10.8 Å². The van der Waals surface area contributed by atoms with Gasteiger partial charge in [-0.1, -0.05) is 19.3 Å². The molecule has 1 saturated heterocycles. The first-order valence-corrected chi connectivity index (χ1v) is 9.59. The molecular weight excluding hydrogens is 300 g/mol. The molecule has 1 saturated carbocycles. The maximum Gasteiger partial charge on any atom is 0.321 e. The first kappa shape index (κ1) is 17.6. The lowest BCUT2D eigenvalue weighted by Crippen LogP contribution is -2.39. The zero-order chi connectivity index (χ0) is 15.9. The van der Waals surface area contributed by atoms with Gasteiger partial charge in [-0.15, -0.1) is 0 Å². The Morgan fingerprint density at radius 2 is 1.91 bits per heavy atom. The fraction of sp³-hybridized carbons (Fsp3) is 0.875. The van der Waals surface area contributed by atoms with Crippen LogP contribution in [-0.2, 0) is 9.59 Å². The highest BCUT2D eigenvalue weighted by Gasteiger charge is 2.30. The van der Waals surface area contributed by atoms with Crippen molar-refractivity contribution in [1.29, 1.82) is 0 Å². The van der Waals surface area contributed by atoms with Gasteiger partial charge in [0.2, 0.25) is 5.91 Å². The van der Waals surface area contributed by atoms with Gasteiger partial charge in [0.05, 0.1) is 0 Å². The highest BCUT2D eigenvalue weighted by molar-refractivity contribution is 7.99. The van der Waals surface area contributed by atoms with Gasteiger partial charge >= 0.3 is 5.97 Å². The van der Waals surface area contributed by atoms with Crippen molar-refractivity contribution in [2.75, 3.05) is 18.1 Å². The number of thioether (sulfide) groups is 1. The Balaban J connectivity index is 1.74. The van der Waals surface area contributed by atoms with Crippen LogP contribution in [0.5, 0.6) is 0 Å². The molecule has 0 aromatic carbocycles. The van der Waals surface area contributed by atoms with Crippen LogP contribution in [0.2, 0.25) is 0 Å². The molecular formula is C16H28N2O3S. The number of nitrogens with two attached hydrogens (primary N) is 1. The van der Waals surface area contributed by atoms with Gasteiger partial charge in [-0.25, -0.2) is 0 Å². The summed E-state index contributed by atoms with van der Waals surface area (Å²) in [7, 11) is 0. The van der Waals surface area contributed by atoms with E-state index < -0.39 is 12.0 Å². The second-order valence-electron chi connectivity index (χ2n) is 6.57. The molecule has 1 heterocycles. The fourth-order valence-corrected chi connectivity index (χ4v) is 4.65. The number of hydrogen-bond donors (Lipinski definition) is 2. The number of nitrogens with zero attached hydrogens (tertiary/aromatic N) is 1. The fourth-order valence-electron chi connectivity index (χ4n) is 3.50. The summed E-state index contributed by atoms with van der Waals surface area (Å²) in [5, 5.41) is 8.79. The molecule has 0 aromatic heterocycles. The average Bonchev–Trinajstić information content (AvgIpc) is 2.96. The molecule has 0 radical (unpaired) electrons. The molecule has 1 aliphatic carbocycles. The normalized spacial score (nSPS) is 24.4. The zero-order valence-corrected chi connectivity index (χ0v) is 14.0. The van der Waals surface area contributed by atoms with E-state index in [0.717, 1.165) is 25.1 Å². The molecule has 0 aromatic rings. The molecule has 1 aliphatic heterocycles. The molecule has 5 nitrogen and oxygen atoms in total. The largest absolute Gasteiger partial charge is 0.480 e. The predicted molar refractivity (Wildman–Crippen MR) is 88.9 cm³/mol. The minimum absolute atomic E-state index is 0.266. The summed E-state index contributed by atoms with van der Waals surface area (Å²) in [6.45, 7) is 0.863. The Kier molecular flexibility index (Phi) is 7.02. The summed E-state index contributed by atoms with van der Waals surface area (Å²) in [6.07, 6.45) is 9.05. The van der Waals surface area contributed by atoms with Crippen LogP contribution in [-0.4, -0.2) is 52.0 Å². The number of likely N-dealkylation sites (tertiary alicyclic amines) is 1. The van der Waals surface area contributed by atoms with Crippen LogP contribution in [0.25, 0.3) is 0 Å². The van der Waals surface area contributed by atoms with E-state index >= 15 is 0 Å². The monoisotopic (exact) mass is 328 g/mol. The molecule has 22 heavy (non-hydrogen) atoms. The maximum absolute atomic E-state index is 12.5. The maximum atomic E-state index is 12.5. The third kappa shape index (κ3) is 5.16. The number of carbonyl (C=O) groups is 2. The smallest absolute Gasteiger partial charge is 0.321 e.